The van der Waals surface area contributed by atoms with Gasteiger partial charge in [0, 0.05) is 5.69 Å². The van der Waals surface area contributed by atoms with E-state index < -0.39 is 11.7 Å². The van der Waals surface area contributed by atoms with Crippen molar-refractivity contribution in [2.45, 2.75) is 6.92 Å². The molecule has 0 saturated heterocycles. The second-order valence-electron chi connectivity index (χ2n) is 4.48. The molecule has 5 heteroatoms. The number of carbonyl (C=O) groups excluding carboxylic acids is 2. The zero-order valence-electron chi connectivity index (χ0n) is 11.4. The minimum Gasteiger partial charge on any atom is -0.480 e. The van der Waals surface area contributed by atoms with E-state index in [0.29, 0.717) is 12.0 Å². The fourth-order valence-corrected chi connectivity index (χ4v) is 1.74. The maximum atomic E-state index is 13.5. The Labute approximate surface area is 121 Å². The number of anilines is 1. The van der Waals surface area contributed by atoms with Crippen molar-refractivity contribution in [3.63, 3.8) is 0 Å². The first-order chi connectivity index (χ1) is 10.1. The van der Waals surface area contributed by atoms with Crippen LogP contribution in [0.4, 0.5) is 10.1 Å². The van der Waals surface area contributed by atoms with Gasteiger partial charge in [0.1, 0.15) is 0 Å². The van der Waals surface area contributed by atoms with Gasteiger partial charge in [0.05, 0.1) is 5.56 Å². The lowest BCUT2D eigenvalue weighted by molar-refractivity contribution is -0.118. The number of hydrogen-bond acceptors (Lipinski definition) is 3. The number of ether oxygens (including phenoxy) is 1. The molecule has 0 aliphatic heterocycles. The molecule has 0 spiro atoms. The summed E-state index contributed by atoms with van der Waals surface area (Å²) in [5.41, 5.74) is 1.77. The van der Waals surface area contributed by atoms with Crippen molar-refractivity contribution in [2.24, 2.45) is 0 Å². The second-order valence-corrected chi connectivity index (χ2v) is 4.48. The van der Waals surface area contributed by atoms with Crippen molar-refractivity contribution < 1.29 is 18.7 Å². The molecule has 2 aromatic rings. The summed E-state index contributed by atoms with van der Waals surface area (Å²) in [4.78, 5) is 22.5. The third-order valence-electron chi connectivity index (χ3n) is 2.81. The van der Waals surface area contributed by atoms with Crippen LogP contribution < -0.4 is 10.1 Å². The quantitative estimate of drug-likeness (QED) is 0.860. The van der Waals surface area contributed by atoms with Crippen LogP contribution in [0.15, 0.2) is 42.5 Å². The highest BCUT2D eigenvalue weighted by atomic mass is 19.1. The predicted molar refractivity (Wildman–Crippen MR) is 77.1 cm³/mol. The average molecular weight is 287 g/mol. The first kappa shape index (κ1) is 14.7. The number of aldehydes is 1. The van der Waals surface area contributed by atoms with Crippen LogP contribution in [0.25, 0.3) is 0 Å². The molecular weight excluding hydrogens is 273 g/mol. The average Bonchev–Trinajstić information content (AvgIpc) is 2.48. The molecule has 0 radical (unpaired) electrons. The van der Waals surface area contributed by atoms with Gasteiger partial charge in [-0.2, -0.15) is 0 Å². The fraction of sp³-hybridized carbons (Fsp3) is 0.125. The van der Waals surface area contributed by atoms with E-state index >= 15 is 0 Å². The highest BCUT2D eigenvalue weighted by Gasteiger charge is 2.11. The minimum atomic E-state index is -0.678. The maximum absolute atomic E-state index is 13.5. The SMILES string of the molecule is Cc1ccc(NC(=O)COc2c(F)cccc2C=O)cc1. The van der Waals surface area contributed by atoms with E-state index in [1.165, 1.54) is 18.2 Å². The second kappa shape index (κ2) is 6.65. The number of carbonyl (C=O) groups is 2. The predicted octanol–water partition coefficient (Wildman–Crippen LogP) is 2.96. The molecule has 21 heavy (non-hydrogen) atoms. The van der Waals surface area contributed by atoms with Crippen LogP contribution in [0.3, 0.4) is 0 Å². The summed E-state index contributed by atoms with van der Waals surface area (Å²) >= 11 is 0. The molecule has 4 nitrogen and oxygen atoms in total. The third-order valence-corrected chi connectivity index (χ3v) is 2.81. The normalized spacial score (nSPS) is 10.0. The number of nitrogens with one attached hydrogen (secondary N) is 1. The fourth-order valence-electron chi connectivity index (χ4n) is 1.74. The van der Waals surface area contributed by atoms with Crippen LogP contribution in [-0.2, 0) is 4.79 Å². The van der Waals surface area contributed by atoms with E-state index in [2.05, 4.69) is 5.32 Å². The molecule has 108 valence electrons. The summed E-state index contributed by atoms with van der Waals surface area (Å²) in [5, 5.41) is 2.62. The standard InChI is InChI=1S/C16H14FNO3/c1-11-5-7-13(8-6-11)18-15(20)10-21-16-12(9-19)3-2-4-14(16)17/h2-9H,10H2,1H3,(H,18,20). The zero-order valence-corrected chi connectivity index (χ0v) is 11.4. The molecule has 1 amide bonds. The van der Waals surface area contributed by atoms with E-state index in [4.69, 9.17) is 4.74 Å². The van der Waals surface area contributed by atoms with Gasteiger partial charge in [0.2, 0.25) is 0 Å². The molecule has 2 rings (SSSR count). The van der Waals surface area contributed by atoms with Crippen molar-refractivity contribution in [1.29, 1.82) is 0 Å². The van der Waals surface area contributed by atoms with Crippen molar-refractivity contribution >= 4 is 17.9 Å². The molecule has 2 aromatic carbocycles. The molecule has 0 unspecified atom stereocenters. The van der Waals surface area contributed by atoms with Gasteiger partial charge >= 0.3 is 0 Å². The van der Waals surface area contributed by atoms with Crippen LogP contribution in [0.1, 0.15) is 15.9 Å². The highest BCUT2D eigenvalue weighted by molar-refractivity contribution is 5.92. The Kier molecular flexibility index (Phi) is 4.66. The topological polar surface area (TPSA) is 55.4 Å². The largest absolute Gasteiger partial charge is 0.480 e. The maximum Gasteiger partial charge on any atom is 0.262 e. The van der Waals surface area contributed by atoms with Crippen molar-refractivity contribution in [3.8, 4) is 5.75 Å². The molecular formula is C16H14FNO3. The lowest BCUT2D eigenvalue weighted by atomic mass is 10.2. The Morgan fingerprint density at radius 2 is 1.95 bits per heavy atom. The third kappa shape index (κ3) is 3.89. The van der Waals surface area contributed by atoms with E-state index in [-0.39, 0.29) is 17.9 Å². The first-order valence-electron chi connectivity index (χ1n) is 6.33. The van der Waals surface area contributed by atoms with E-state index in [1.807, 2.05) is 19.1 Å². The molecule has 0 heterocycles. The molecule has 0 aromatic heterocycles. The summed E-state index contributed by atoms with van der Waals surface area (Å²) in [7, 11) is 0. The van der Waals surface area contributed by atoms with E-state index in [0.717, 1.165) is 5.56 Å². The number of rotatable bonds is 5. The molecule has 0 fully saturated rings. The summed E-state index contributed by atoms with van der Waals surface area (Å²) in [6.45, 7) is 1.56. The number of para-hydroxylation sites is 1. The minimum absolute atomic E-state index is 0.0677. The molecule has 0 saturated carbocycles. The van der Waals surface area contributed by atoms with Gasteiger partial charge in [0.25, 0.3) is 5.91 Å². The number of benzene rings is 2. The van der Waals surface area contributed by atoms with Gasteiger partial charge in [-0.1, -0.05) is 23.8 Å². The Morgan fingerprint density at radius 3 is 2.62 bits per heavy atom. The summed E-state index contributed by atoms with van der Waals surface area (Å²) < 4.78 is 18.6. The van der Waals surface area contributed by atoms with Gasteiger partial charge in [-0.3, -0.25) is 9.59 Å². The van der Waals surface area contributed by atoms with Crippen molar-refractivity contribution in [2.75, 3.05) is 11.9 Å². The van der Waals surface area contributed by atoms with Crippen LogP contribution in [0.5, 0.6) is 5.75 Å². The molecule has 1 N–H and O–H groups in total. The van der Waals surface area contributed by atoms with E-state index in [1.54, 1.807) is 12.1 Å². The van der Waals surface area contributed by atoms with Crippen molar-refractivity contribution in [1.82, 2.24) is 0 Å². The molecule has 0 aliphatic rings. The Morgan fingerprint density at radius 1 is 1.24 bits per heavy atom. The number of aryl methyl sites for hydroxylation is 1. The monoisotopic (exact) mass is 287 g/mol. The Hall–Kier alpha value is -2.69. The number of amides is 1. The molecule has 0 atom stereocenters. The van der Waals surface area contributed by atoms with Crippen LogP contribution in [-0.4, -0.2) is 18.8 Å². The summed E-state index contributed by atoms with van der Waals surface area (Å²) in [6, 6.07) is 11.2. The van der Waals surface area contributed by atoms with Crippen LogP contribution in [0.2, 0.25) is 0 Å². The lowest BCUT2D eigenvalue weighted by Crippen LogP contribution is -2.20. The van der Waals surface area contributed by atoms with Crippen LogP contribution in [0, 0.1) is 12.7 Å². The smallest absolute Gasteiger partial charge is 0.262 e. The highest BCUT2D eigenvalue weighted by Crippen LogP contribution is 2.21. The van der Waals surface area contributed by atoms with Gasteiger partial charge < -0.3 is 10.1 Å². The zero-order chi connectivity index (χ0) is 15.2. The molecule has 0 bridgehead atoms. The Balaban J connectivity index is 1.98. The summed E-state index contributed by atoms with van der Waals surface area (Å²) in [5.74, 6) is -1.33. The number of halogens is 1. The van der Waals surface area contributed by atoms with Crippen molar-refractivity contribution in [3.05, 3.63) is 59.4 Å². The van der Waals surface area contributed by atoms with E-state index in [9.17, 15) is 14.0 Å². The number of hydrogen-bond donors (Lipinski definition) is 1. The van der Waals surface area contributed by atoms with Gasteiger partial charge in [-0.15, -0.1) is 0 Å². The first-order valence-corrected chi connectivity index (χ1v) is 6.33. The summed E-state index contributed by atoms with van der Waals surface area (Å²) in [6.07, 6.45) is 0.482. The van der Waals surface area contributed by atoms with Crippen LogP contribution >= 0.6 is 0 Å². The lowest BCUT2D eigenvalue weighted by Gasteiger charge is -2.10. The van der Waals surface area contributed by atoms with Gasteiger partial charge in [-0.25, -0.2) is 4.39 Å². The Bertz CT molecular complexity index is 653. The van der Waals surface area contributed by atoms with Gasteiger partial charge in [0.15, 0.2) is 24.5 Å². The van der Waals surface area contributed by atoms with Gasteiger partial charge in [-0.05, 0) is 31.2 Å². The molecule has 0 aliphatic carbocycles.